The number of benzene rings is 1. The van der Waals surface area contributed by atoms with Gasteiger partial charge < -0.3 is 0 Å². The van der Waals surface area contributed by atoms with Crippen molar-refractivity contribution in [3.63, 3.8) is 0 Å². The Morgan fingerprint density at radius 2 is 1.45 bits per heavy atom. The monoisotopic (exact) mass is 292 g/mol. The molecule has 0 N–H and O–H groups in total. The van der Waals surface area contributed by atoms with E-state index in [0.29, 0.717) is 0 Å². The molecule has 0 saturated carbocycles. The van der Waals surface area contributed by atoms with Gasteiger partial charge in [-0.2, -0.15) is 0 Å². The number of hydrogen-bond acceptors (Lipinski definition) is 0. The third-order valence-corrected chi connectivity index (χ3v) is 6.63. The average molecular weight is 292 g/mol. The Morgan fingerprint density at radius 3 is 2.10 bits per heavy atom. The van der Waals surface area contributed by atoms with Crippen molar-refractivity contribution in [2.75, 3.05) is 12.8 Å². The van der Waals surface area contributed by atoms with E-state index in [9.17, 15) is 0 Å². The maximum absolute atomic E-state index is 2.46. The predicted octanol–water partition coefficient (Wildman–Crippen LogP) is 6.18. The highest BCUT2D eigenvalue weighted by atomic mass is 31.1. The molecule has 20 heavy (non-hydrogen) atoms. The smallest absolute Gasteiger partial charge is 0.0211 e. The molecule has 0 radical (unpaired) electrons. The number of rotatable bonds is 10. The minimum Gasteiger partial charge on any atom is -0.0782 e. The van der Waals surface area contributed by atoms with E-state index >= 15 is 0 Å². The number of aryl methyl sites for hydroxylation is 1. The van der Waals surface area contributed by atoms with Crippen LogP contribution in [0, 0.1) is 13.8 Å². The summed E-state index contributed by atoms with van der Waals surface area (Å²) >= 11 is 0. The van der Waals surface area contributed by atoms with Crippen molar-refractivity contribution in [1.82, 2.24) is 0 Å². The van der Waals surface area contributed by atoms with Crippen molar-refractivity contribution >= 4 is 13.2 Å². The summed E-state index contributed by atoms with van der Waals surface area (Å²) in [6.45, 7) is 9.27. The number of unbranched alkanes of at least 4 members (excludes halogenated alkanes) is 7. The van der Waals surface area contributed by atoms with Crippen molar-refractivity contribution in [3.8, 4) is 0 Å². The first-order valence-corrected chi connectivity index (χ1v) is 10.4. The Bertz CT molecular complexity index is 370. The van der Waals surface area contributed by atoms with Crippen molar-refractivity contribution in [2.24, 2.45) is 0 Å². The summed E-state index contributed by atoms with van der Waals surface area (Å²) in [5, 5.41) is 1.63. The van der Waals surface area contributed by atoms with Gasteiger partial charge in [-0.25, -0.2) is 0 Å². The molecule has 0 saturated heterocycles. The molecule has 1 atom stereocenters. The lowest BCUT2D eigenvalue weighted by Crippen LogP contribution is -2.08. The molecule has 1 aromatic rings. The van der Waals surface area contributed by atoms with Crippen LogP contribution >= 0.6 is 7.92 Å². The van der Waals surface area contributed by atoms with Crippen LogP contribution in [0.5, 0.6) is 0 Å². The summed E-state index contributed by atoms with van der Waals surface area (Å²) in [6, 6.07) is 6.81. The van der Waals surface area contributed by atoms with Gasteiger partial charge in [0.1, 0.15) is 0 Å². The van der Waals surface area contributed by atoms with Gasteiger partial charge in [0.2, 0.25) is 0 Å². The first-order chi connectivity index (χ1) is 9.66. The van der Waals surface area contributed by atoms with E-state index in [4.69, 9.17) is 0 Å². The van der Waals surface area contributed by atoms with E-state index < -0.39 is 0 Å². The summed E-state index contributed by atoms with van der Waals surface area (Å²) in [7, 11) is 0.0571. The van der Waals surface area contributed by atoms with Gasteiger partial charge in [-0.05, 0) is 49.5 Å². The van der Waals surface area contributed by atoms with E-state index in [1.54, 1.807) is 5.30 Å². The summed E-state index contributed by atoms with van der Waals surface area (Å²) in [6.07, 6.45) is 12.8. The van der Waals surface area contributed by atoms with Gasteiger partial charge >= 0.3 is 0 Å². The predicted molar refractivity (Wildman–Crippen MR) is 95.9 cm³/mol. The van der Waals surface area contributed by atoms with Gasteiger partial charge in [0.25, 0.3) is 0 Å². The maximum atomic E-state index is 2.46. The maximum Gasteiger partial charge on any atom is -0.0211 e. The Kier molecular flexibility index (Phi) is 9.19. The van der Waals surface area contributed by atoms with Gasteiger partial charge in [-0.15, -0.1) is 0 Å². The Balaban J connectivity index is 2.17. The summed E-state index contributed by atoms with van der Waals surface area (Å²) in [5.74, 6) is 0. The summed E-state index contributed by atoms with van der Waals surface area (Å²) in [4.78, 5) is 0. The topological polar surface area (TPSA) is 0 Å². The van der Waals surface area contributed by atoms with Crippen LogP contribution in [0.2, 0.25) is 0 Å². The fourth-order valence-corrected chi connectivity index (χ4v) is 4.78. The lowest BCUT2D eigenvalue weighted by molar-refractivity contribution is 0.586. The second kappa shape index (κ2) is 10.4. The van der Waals surface area contributed by atoms with Gasteiger partial charge in [0.05, 0.1) is 0 Å². The van der Waals surface area contributed by atoms with Gasteiger partial charge in [0, 0.05) is 0 Å². The van der Waals surface area contributed by atoms with Crippen LogP contribution in [0.4, 0.5) is 0 Å². The highest BCUT2D eigenvalue weighted by Gasteiger charge is 2.08. The van der Waals surface area contributed by atoms with Crippen molar-refractivity contribution < 1.29 is 0 Å². The van der Waals surface area contributed by atoms with Crippen LogP contribution in [0.1, 0.15) is 69.4 Å². The lowest BCUT2D eigenvalue weighted by Gasteiger charge is -2.16. The second-order valence-electron chi connectivity index (χ2n) is 6.12. The first-order valence-electron chi connectivity index (χ1n) is 8.44. The van der Waals surface area contributed by atoms with Crippen LogP contribution < -0.4 is 5.30 Å². The Labute approximate surface area is 128 Å². The van der Waals surface area contributed by atoms with E-state index in [1.807, 2.05) is 0 Å². The molecule has 0 fully saturated rings. The van der Waals surface area contributed by atoms with Crippen LogP contribution in [-0.4, -0.2) is 12.8 Å². The zero-order valence-electron chi connectivity index (χ0n) is 14.0. The third kappa shape index (κ3) is 6.40. The molecule has 0 aromatic heterocycles. The molecule has 0 amide bonds. The van der Waals surface area contributed by atoms with Crippen molar-refractivity contribution in [2.45, 2.75) is 72.1 Å². The van der Waals surface area contributed by atoms with Crippen LogP contribution in [0.15, 0.2) is 18.2 Å². The Hall–Kier alpha value is -0.350. The minimum atomic E-state index is 0.0571. The average Bonchev–Trinajstić information content (AvgIpc) is 2.44. The van der Waals surface area contributed by atoms with Crippen molar-refractivity contribution in [1.29, 1.82) is 0 Å². The zero-order valence-corrected chi connectivity index (χ0v) is 14.9. The van der Waals surface area contributed by atoms with Crippen molar-refractivity contribution in [3.05, 3.63) is 29.3 Å². The first kappa shape index (κ1) is 17.7. The van der Waals surface area contributed by atoms with Crippen LogP contribution in [-0.2, 0) is 0 Å². The van der Waals surface area contributed by atoms with E-state index in [2.05, 4.69) is 45.6 Å². The van der Waals surface area contributed by atoms with Gasteiger partial charge in [-0.1, -0.05) is 78.0 Å². The molecular formula is C19H33P. The fourth-order valence-electron chi connectivity index (χ4n) is 2.75. The molecule has 0 bridgehead atoms. The third-order valence-electron chi connectivity index (χ3n) is 4.33. The standard InChI is InChI=1S/C19H33P/c1-5-6-7-8-9-10-11-12-16-20(4)19-15-13-14-17(2)18(19)3/h13-15H,5-12,16H2,1-4H3. The normalized spacial score (nSPS) is 12.6. The van der Waals surface area contributed by atoms with E-state index in [-0.39, 0.29) is 7.92 Å². The molecule has 1 aromatic carbocycles. The molecule has 1 unspecified atom stereocenters. The second-order valence-corrected chi connectivity index (χ2v) is 8.44. The molecule has 0 aliphatic rings. The largest absolute Gasteiger partial charge is 0.0782 e. The molecular weight excluding hydrogens is 259 g/mol. The molecule has 1 heteroatoms. The van der Waals surface area contributed by atoms with Gasteiger partial charge in [-0.3, -0.25) is 0 Å². The summed E-state index contributed by atoms with van der Waals surface area (Å²) in [5.41, 5.74) is 2.98. The molecule has 1 rings (SSSR count). The SMILES string of the molecule is CCCCCCCCCCP(C)c1cccc(C)c1C. The van der Waals surface area contributed by atoms with Crippen LogP contribution in [0.25, 0.3) is 0 Å². The molecule has 114 valence electrons. The zero-order chi connectivity index (χ0) is 14.8. The molecule has 0 spiro atoms. The molecule has 0 aliphatic carbocycles. The Morgan fingerprint density at radius 1 is 0.850 bits per heavy atom. The quantitative estimate of drug-likeness (QED) is 0.357. The highest BCUT2D eigenvalue weighted by molar-refractivity contribution is 7.65. The fraction of sp³-hybridized carbons (Fsp3) is 0.684. The van der Waals surface area contributed by atoms with E-state index in [0.717, 1.165) is 0 Å². The lowest BCUT2D eigenvalue weighted by atomic mass is 10.1. The molecule has 0 heterocycles. The van der Waals surface area contributed by atoms with E-state index in [1.165, 1.54) is 68.7 Å². The summed E-state index contributed by atoms with van der Waals surface area (Å²) < 4.78 is 0. The van der Waals surface area contributed by atoms with Gasteiger partial charge in [0.15, 0.2) is 0 Å². The van der Waals surface area contributed by atoms with Crippen LogP contribution in [0.3, 0.4) is 0 Å². The molecule has 0 nitrogen and oxygen atoms in total. The number of hydrogen-bond donors (Lipinski definition) is 0. The molecule has 0 aliphatic heterocycles. The highest BCUT2D eigenvalue weighted by Crippen LogP contribution is 2.33. The minimum absolute atomic E-state index is 0.0571.